The van der Waals surface area contributed by atoms with Crippen LogP contribution in [0.15, 0.2) is 0 Å². The van der Waals surface area contributed by atoms with Crippen molar-refractivity contribution in [3.05, 3.63) is 0 Å². The molecular weight excluding hydrogens is 226 g/mol. The molecule has 1 amide bonds. The van der Waals surface area contributed by atoms with Gasteiger partial charge in [-0.25, -0.2) is 0 Å². The Morgan fingerprint density at radius 1 is 1.38 bits per heavy atom. The molecule has 2 aliphatic heterocycles. The number of carbonyl (C=O) groups is 1. The van der Waals surface area contributed by atoms with Crippen LogP contribution in [-0.4, -0.2) is 41.5 Å². The third kappa shape index (κ3) is 2.51. The number of hydrogen-bond donors (Lipinski definition) is 0. The van der Waals surface area contributed by atoms with E-state index in [0.29, 0.717) is 0 Å². The summed E-state index contributed by atoms with van der Waals surface area (Å²) in [6.07, 6.45) is 5.59. The van der Waals surface area contributed by atoms with Crippen LogP contribution in [0.1, 0.15) is 39.0 Å². The van der Waals surface area contributed by atoms with Crippen molar-refractivity contribution in [2.75, 3.05) is 19.7 Å². The first-order chi connectivity index (χ1) is 7.63. The molecule has 0 N–H and O–H groups in total. The number of alkyl halides is 1. The highest BCUT2D eigenvalue weighted by atomic mass is 35.5. The van der Waals surface area contributed by atoms with Gasteiger partial charge in [0.1, 0.15) is 5.38 Å². The molecule has 0 aromatic carbocycles. The number of piperidine rings is 1. The molecule has 2 saturated heterocycles. The van der Waals surface area contributed by atoms with Gasteiger partial charge in [-0.05, 0) is 39.0 Å². The fraction of sp³-hybridized carbons (Fsp3) is 0.917. The smallest absolute Gasteiger partial charge is 0.240 e. The van der Waals surface area contributed by atoms with Crippen molar-refractivity contribution in [1.29, 1.82) is 0 Å². The molecule has 92 valence electrons. The molecule has 2 atom stereocenters. The van der Waals surface area contributed by atoms with Crippen LogP contribution in [0.2, 0.25) is 0 Å². The van der Waals surface area contributed by atoms with Crippen molar-refractivity contribution in [3.8, 4) is 0 Å². The van der Waals surface area contributed by atoms with Gasteiger partial charge in [-0.3, -0.25) is 4.79 Å². The molecule has 2 aliphatic rings. The lowest BCUT2D eigenvalue weighted by molar-refractivity contribution is -0.148. The normalized spacial score (nSPS) is 32.8. The lowest BCUT2D eigenvalue weighted by Crippen LogP contribution is -2.54. The lowest BCUT2D eigenvalue weighted by atomic mass is 9.85. The molecule has 0 aromatic heterocycles. The first-order valence-electron chi connectivity index (χ1n) is 6.20. The molecule has 4 heteroatoms. The van der Waals surface area contributed by atoms with Crippen LogP contribution >= 0.6 is 11.6 Å². The Labute approximate surface area is 102 Å². The van der Waals surface area contributed by atoms with Gasteiger partial charge in [0.2, 0.25) is 5.91 Å². The van der Waals surface area contributed by atoms with Crippen molar-refractivity contribution in [2.24, 2.45) is 0 Å². The van der Waals surface area contributed by atoms with E-state index < -0.39 is 5.38 Å². The van der Waals surface area contributed by atoms with Gasteiger partial charge < -0.3 is 9.64 Å². The van der Waals surface area contributed by atoms with Crippen LogP contribution in [0.4, 0.5) is 0 Å². The van der Waals surface area contributed by atoms with Gasteiger partial charge in [0.15, 0.2) is 0 Å². The standard InChI is InChI=1S/C12H20ClNO2/c1-10(13)11(15)14-7-4-6-12(9-14)5-2-3-8-16-12/h10H,2-9H2,1H3/t10-,12-/m0/s1. The molecule has 0 aliphatic carbocycles. The summed E-state index contributed by atoms with van der Waals surface area (Å²) >= 11 is 5.86. The second-order valence-electron chi connectivity index (χ2n) is 4.97. The molecule has 0 saturated carbocycles. The fourth-order valence-corrected chi connectivity index (χ4v) is 2.91. The third-order valence-corrected chi connectivity index (χ3v) is 3.81. The van der Waals surface area contributed by atoms with Crippen LogP contribution in [0, 0.1) is 0 Å². The van der Waals surface area contributed by atoms with Gasteiger partial charge in [-0.1, -0.05) is 0 Å². The summed E-state index contributed by atoms with van der Waals surface area (Å²) in [6.45, 7) is 4.16. The molecule has 0 bridgehead atoms. The summed E-state index contributed by atoms with van der Waals surface area (Å²) in [5, 5.41) is -0.418. The van der Waals surface area contributed by atoms with Gasteiger partial charge >= 0.3 is 0 Å². The van der Waals surface area contributed by atoms with Crippen LogP contribution in [-0.2, 0) is 9.53 Å². The predicted molar refractivity (Wildman–Crippen MR) is 63.7 cm³/mol. The van der Waals surface area contributed by atoms with Crippen molar-refractivity contribution in [1.82, 2.24) is 4.90 Å². The molecule has 2 rings (SSSR count). The summed E-state index contributed by atoms with van der Waals surface area (Å²) in [5.74, 6) is 0.0508. The Hall–Kier alpha value is -0.280. The summed E-state index contributed by atoms with van der Waals surface area (Å²) < 4.78 is 5.93. The van der Waals surface area contributed by atoms with E-state index in [1.54, 1.807) is 6.92 Å². The first-order valence-corrected chi connectivity index (χ1v) is 6.63. The maximum absolute atomic E-state index is 11.9. The third-order valence-electron chi connectivity index (χ3n) is 3.63. The van der Waals surface area contributed by atoms with E-state index in [0.717, 1.165) is 45.4 Å². The Morgan fingerprint density at radius 2 is 2.12 bits per heavy atom. The lowest BCUT2D eigenvalue weighted by Gasteiger charge is -2.45. The number of rotatable bonds is 1. The SMILES string of the molecule is C[C@H](Cl)C(=O)N1CCC[C@@]2(CCCCO2)C1. The Morgan fingerprint density at radius 3 is 2.75 bits per heavy atom. The van der Waals surface area contributed by atoms with E-state index in [9.17, 15) is 4.79 Å². The minimum absolute atomic E-state index is 0.0508. The summed E-state index contributed by atoms with van der Waals surface area (Å²) in [4.78, 5) is 13.7. The largest absolute Gasteiger partial charge is 0.373 e. The summed E-state index contributed by atoms with van der Waals surface area (Å²) in [7, 11) is 0. The number of halogens is 1. The van der Waals surface area contributed by atoms with Crippen LogP contribution in [0.25, 0.3) is 0 Å². The van der Waals surface area contributed by atoms with Gasteiger partial charge in [-0.15, -0.1) is 11.6 Å². The zero-order chi connectivity index (χ0) is 11.6. The van der Waals surface area contributed by atoms with Gasteiger partial charge in [0.05, 0.1) is 5.60 Å². The predicted octanol–water partition coefficient (Wildman–Crippen LogP) is 2.18. The van der Waals surface area contributed by atoms with E-state index in [4.69, 9.17) is 16.3 Å². The Kier molecular flexibility index (Phi) is 3.75. The quantitative estimate of drug-likeness (QED) is 0.663. The molecule has 0 radical (unpaired) electrons. The van der Waals surface area contributed by atoms with E-state index >= 15 is 0 Å². The minimum atomic E-state index is -0.418. The maximum atomic E-state index is 11.9. The summed E-state index contributed by atoms with van der Waals surface area (Å²) in [5.41, 5.74) is -0.0576. The number of amides is 1. The van der Waals surface area contributed by atoms with Gasteiger partial charge in [0, 0.05) is 19.7 Å². The van der Waals surface area contributed by atoms with Crippen LogP contribution < -0.4 is 0 Å². The highest BCUT2D eigenvalue weighted by molar-refractivity contribution is 6.30. The maximum Gasteiger partial charge on any atom is 0.240 e. The molecule has 0 aromatic rings. The van der Waals surface area contributed by atoms with Gasteiger partial charge in [0.25, 0.3) is 0 Å². The summed E-state index contributed by atoms with van der Waals surface area (Å²) in [6, 6.07) is 0. The van der Waals surface area contributed by atoms with Gasteiger partial charge in [-0.2, -0.15) is 0 Å². The van der Waals surface area contributed by atoms with Crippen molar-refractivity contribution in [2.45, 2.75) is 50.0 Å². The molecule has 1 spiro atoms. The minimum Gasteiger partial charge on any atom is -0.373 e. The topological polar surface area (TPSA) is 29.5 Å². The number of likely N-dealkylation sites (tertiary alicyclic amines) is 1. The van der Waals surface area contributed by atoms with Crippen molar-refractivity contribution < 1.29 is 9.53 Å². The Bertz CT molecular complexity index is 256. The number of nitrogens with zero attached hydrogens (tertiary/aromatic N) is 1. The van der Waals surface area contributed by atoms with Crippen LogP contribution in [0.3, 0.4) is 0 Å². The number of carbonyl (C=O) groups excluding carboxylic acids is 1. The van der Waals surface area contributed by atoms with E-state index in [2.05, 4.69) is 0 Å². The average Bonchev–Trinajstić information content (AvgIpc) is 2.29. The average molecular weight is 246 g/mol. The first kappa shape index (κ1) is 12.2. The molecular formula is C12H20ClNO2. The monoisotopic (exact) mass is 245 g/mol. The van der Waals surface area contributed by atoms with Crippen molar-refractivity contribution >= 4 is 17.5 Å². The number of hydrogen-bond acceptors (Lipinski definition) is 2. The van der Waals surface area contributed by atoms with E-state index in [1.165, 1.54) is 6.42 Å². The molecule has 2 heterocycles. The van der Waals surface area contributed by atoms with Crippen LogP contribution in [0.5, 0.6) is 0 Å². The molecule has 16 heavy (non-hydrogen) atoms. The second kappa shape index (κ2) is 4.92. The highest BCUT2D eigenvalue weighted by Gasteiger charge is 2.39. The number of ether oxygens (including phenoxy) is 1. The van der Waals surface area contributed by atoms with Crippen molar-refractivity contribution in [3.63, 3.8) is 0 Å². The second-order valence-corrected chi connectivity index (χ2v) is 5.62. The zero-order valence-corrected chi connectivity index (χ0v) is 10.6. The van der Waals surface area contributed by atoms with E-state index in [-0.39, 0.29) is 11.5 Å². The molecule has 2 fully saturated rings. The zero-order valence-electron chi connectivity index (χ0n) is 9.88. The molecule has 3 nitrogen and oxygen atoms in total. The van der Waals surface area contributed by atoms with E-state index in [1.807, 2.05) is 4.90 Å². The highest BCUT2D eigenvalue weighted by Crippen LogP contribution is 2.33. The molecule has 0 unspecified atom stereocenters. The fourth-order valence-electron chi connectivity index (χ4n) is 2.77. The Balaban J connectivity index is 2.00.